The zero-order valence-electron chi connectivity index (χ0n) is 12.8. The summed E-state index contributed by atoms with van der Waals surface area (Å²) < 4.78 is 0. The highest BCUT2D eigenvalue weighted by molar-refractivity contribution is 7.09. The van der Waals surface area contributed by atoms with Crippen molar-refractivity contribution in [1.29, 1.82) is 0 Å². The van der Waals surface area contributed by atoms with Crippen LogP contribution in [0.25, 0.3) is 0 Å². The Balaban J connectivity index is 1.81. The number of aryl methyl sites for hydroxylation is 2. The summed E-state index contributed by atoms with van der Waals surface area (Å²) in [5.74, 6) is 0.0225. The average Bonchev–Trinajstić information content (AvgIpc) is 2.93. The van der Waals surface area contributed by atoms with Gasteiger partial charge in [-0.3, -0.25) is 4.79 Å². The van der Waals surface area contributed by atoms with Gasteiger partial charge in [-0.15, -0.1) is 11.3 Å². The molecule has 1 heterocycles. The van der Waals surface area contributed by atoms with Gasteiger partial charge in [0.1, 0.15) is 0 Å². The second kappa shape index (κ2) is 8.66. The molecular formula is C17H22N2O2S. The van der Waals surface area contributed by atoms with E-state index in [1.165, 1.54) is 0 Å². The van der Waals surface area contributed by atoms with Gasteiger partial charge in [0.25, 0.3) is 0 Å². The monoisotopic (exact) mass is 318 g/mol. The van der Waals surface area contributed by atoms with Gasteiger partial charge in [0.05, 0.1) is 16.7 Å². The SMILES string of the molecule is Cc1nc(CCCC(=O)NC(CCO)c2ccccc2)cs1. The first-order valence-corrected chi connectivity index (χ1v) is 8.43. The predicted molar refractivity (Wildman–Crippen MR) is 88.8 cm³/mol. The lowest BCUT2D eigenvalue weighted by Crippen LogP contribution is -2.29. The molecule has 0 fully saturated rings. The van der Waals surface area contributed by atoms with Crippen molar-refractivity contribution in [1.82, 2.24) is 10.3 Å². The van der Waals surface area contributed by atoms with Gasteiger partial charge in [-0.1, -0.05) is 30.3 Å². The summed E-state index contributed by atoms with van der Waals surface area (Å²) in [5, 5.41) is 15.3. The highest BCUT2D eigenvalue weighted by Gasteiger charge is 2.13. The van der Waals surface area contributed by atoms with E-state index in [0.717, 1.165) is 29.1 Å². The van der Waals surface area contributed by atoms with Gasteiger partial charge >= 0.3 is 0 Å². The average molecular weight is 318 g/mol. The highest BCUT2D eigenvalue weighted by Crippen LogP contribution is 2.16. The van der Waals surface area contributed by atoms with Gasteiger partial charge in [0.15, 0.2) is 0 Å². The maximum atomic E-state index is 12.1. The molecule has 22 heavy (non-hydrogen) atoms. The molecule has 0 radical (unpaired) electrons. The van der Waals surface area contributed by atoms with Gasteiger partial charge in [0, 0.05) is 18.4 Å². The van der Waals surface area contributed by atoms with Crippen LogP contribution in [-0.4, -0.2) is 22.6 Å². The first kappa shape index (κ1) is 16.6. The van der Waals surface area contributed by atoms with Gasteiger partial charge in [0.2, 0.25) is 5.91 Å². The normalized spacial score (nSPS) is 12.1. The Labute approximate surface area is 135 Å². The summed E-state index contributed by atoms with van der Waals surface area (Å²) in [6.45, 7) is 2.04. The number of thiazole rings is 1. The number of aliphatic hydroxyl groups excluding tert-OH is 1. The fourth-order valence-corrected chi connectivity index (χ4v) is 3.00. The summed E-state index contributed by atoms with van der Waals surface area (Å²) in [7, 11) is 0. The smallest absolute Gasteiger partial charge is 0.220 e. The molecule has 0 saturated carbocycles. The molecule has 0 aliphatic carbocycles. The number of rotatable bonds is 8. The Hall–Kier alpha value is -1.72. The van der Waals surface area contributed by atoms with Crippen molar-refractivity contribution in [3.8, 4) is 0 Å². The van der Waals surface area contributed by atoms with Gasteiger partial charge < -0.3 is 10.4 Å². The second-order valence-electron chi connectivity index (χ2n) is 5.25. The van der Waals surface area contributed by atoms with Crippen LogP contribution in [0.3, 0.4) is 0 Å². The van der Waals surface area contributed by atoms with E-state index in [1.807, 2.05) is 42.6 Å². The van der Waals surface area contributed by atoms with Crippen LogP contribution in [0.4, 0.5) is 0 Å². The first-order valence-electron chi connectivity index (χ1n) is 7.55. The van der Waals surface area contributed by atoms with Crippen LogP contribution in [0.15, 0.2) is 35.7 Å². The Morgan fingerprint density at radius 3 is 2.77 bits per heavy atom. The minimum absolute atomic E-state index is 0.0225. The third-order valence-electron chi connectivity index (χ3n) is 3.46. The molecule has 5 heteroatoms. The van der Waals surface area contributed by atoms with Crippen LogP contribution in [0.2, 0.25) is 0 Å². The van der Waals surface area contributed by atoms with Crippen molar-refractivity contribution in [3.63, 3.8) is 0 Å². The predicted octanol–water partition coefficient (Wildman–Crippen LogP) is 3.01. The lowest BCUT2D eigenvalue weighted by Gasteiger charge is -2.18. The molecule has 1 aromatic carbocycles. The molecule has 0 aliphatic heterocycles. The third-order valence-corrected chi connectivity index (χ3v) is 4.28. The lowest BCUT2D eigenvalue weighted by atomic mass is 10.0. The van der Waals surface area contributed by atoms with Crippen molar-refractivity contribution in [2.75, 3.05) is 6.61 Å². The molecule has 1 amide bonds. The summed E-state index contributed by atoms with van der Waals surface area (Å²) >= 11 is 1.64. The minimum Gasteiger partial charge on any atom is -0.396 e. The van der Waals surface area contributed by atoms with Crippen LogP contribution in [-0.2, 0) is 11.2 Å². The van der Waals surface area contributed by atoms with Crippen molar-refractivity contribution in [2.45, 2.75) is 38.6 Å². The van der Waals surface area contributed by atoms with E-state index in [9.17, 15) is 9.90 Å². The molecule has 2 rings (SSSR count). The fourth-order valence-electron chi connectivity index (χ4n) is 2.36. The number of hydrogen-bond acceptors (Lipinski definition) is 4. The number of aliphatic hydroxyl groups is 1. The Morgan fingerprint density at radius 2 is 2.14 bits per heavy atom. The van der Waals surface area contributed by atoms with E-state index in [2.05, 4.69) is 10.3 Å². The van der Waals surface area contributed by atoms with E-state index in [0.29, 0.717) is 12.8 Å². The van der Waals surface area contributed by atoms with E-state index in [-0.39, 0.29) is 18.6 Å². The zero-order chi connectivity index (χ0) is 15.8. The number of hydrogen-bond donors (Lipinski definition) is 2. The van der Waals surface area contributed by atoms with Crippen molar-refractivity contribution >= 4 is 17.2 Å². The number of benzene rings is 1. The molecule has 0 bridgehead atoms. The number of carbonyl (C=O) groups is 1. The standard InChI is InChI=1S/C17H22N2O2S/c1-13-18-15(12-22-13)8-5-9-17(21)19-16(10-11-20)14-6-3-2-4-7-14/h2-4,6-7,12,16,20H,5,8-11H2,1H3,(H,19,21). The Bertz CT molecular complexity index is 583. The molecule has 4 nitrogen and oxygen atoms in total. The summed E-state index contributed by atoms with van der Waals surface area (Å²) in [6.07, 6.45) is 2.62. The van der Waals surface area contributed by atoms with Gasteiger partial charge in [-0.05, 0) is 31.7 Å². The fraction of sp³-hybridized carbons (Fsp3) is 0.412. The van der Waals surface area contributed by atoms with E-state index < -0.39 is 0 Å². The summed E-state index contributed by atoms with van der Waals surface area (Å²) in [5.41, 5.74) is 2.09. The maximum absolute atomic E-state index is 12.1. The van der Waals surface area contributed by atoms with Crippen molar-refractivity contribution in [2.24, 2.45) is 0 Å². The third kappa shape index (κ3) is 5.24. The molecule has 2 N–H and O–H groups in total. The Morgan fingerprint density at radius 1 is 1.36 bits per heavy atom. The molecule has 1 atom stereocenters. The Kier molecular flexibility index (Phi) is 6.55. The zero-order valence-corrected chi connectivity index (χ0v) is 13.6. The number of nitrogens with one attached hydrogen (secondary N) is 1. The largest absolute Gasteiger partial charge is 0.396 e. The number of amides is 1. The van der Waals surface area contributed by atoms with Crippen LogP contribution >= 0.6 is 11.3 Å². The van der Waals surface area contributed by atoms with E-state index >= 15 is 0 Å². The highest BCUT2D eigenvalue weighted by atomic mass is 32.1. The molecular weight excluding hydrogens is 296 g/mol. The summed E-state index contributed by atoms with van der Waals surface area (Å²) in [4.78, 5) is 16.5. The topological polar surface area (TPSA) is 62.2 Å². The van der Waals surface area contributed by atoms with Crippen molar-refractivity contribution < 1.29 is 9.90 Å². The van der Waals surface area contributed by atoms with Gasteiger partial charge in [-0.25, -0.2) is 4.98 Å². The van der Waals surface area contributed by atoms with Crippen LogP contribution in [0.1, 0.15) is 41.6 Å². The number of nitrogens with zero attached hydrogens (tertiary/aromatic N) is 1. The van der Waals surface area contributed by atoms with Crippen LogP contribution < -0.4 is 5.32 Å². The lowest BCUT2D eigenvalue weighted by molar-refractivity contribution is -0.122. The van der Waals surface area contributed by atoms with Gasteiger partial charge in [-0.2, -0.15) is 0 Å². The molecule has 0 aliphatic rings. The maximum Gasteiger partial charge on any atom is 0.220 e. The first-order chi connectivity index (χ1) is 10.7. The molecule has 0 spiro atoms. The van der Waals surface area contributed by atoms with E-state index in [4.69, 9.17) is 0 Å². The number of aromatic nitrogens is 1. The quantitative estimate of drug-likeness (QED) is 0.786. The molecule has 1 aromatic heterocycles. The molecule has 2 aromatic rings. The van der Waals surface area contributed by atoms with Crippen LogP contribution in [0, 0.1) is 6.92 Å². The number of carbonyl (C=O) groups excluding carboxylic acids is 1. The van der Waals surface area contributed by atoms with E-state index in [1.54, 1.807) is 11.3 Å². The molecule has 118 valence electrons. The summed E-state index contributed by atoms with van der Waals surface area (Å²) in [6, 6.07) is 9.64. The minimum atomic E-state index is -0.125. The van der Waals surface area contributed by atoms with Crippen LogP contribution in [0.5, 0.6) is 0 Å². The molecule has 0 saturated heterocycles. The molecule has 1 unspecified atom stereocenters. The van der Waals surface area contributed by atoms with Crippen molar-refractivity contribution in [3.05, 3.63) is 52.0 Å². The second-order valence-corrected chi connectivity index (χ2v) is 6.32.